The summed E-state index contributed by atoms with van der Waals surface area (Å²) in [5.74, 6) is -0.0518. The number of likely N-dealkylation sites (N-methyl/N-ethyl adjacent to an activating group) is 1. The highest BCUT2D eigenvalue weighted by atomic mass is 16.2. The highest BCUT2D eigenvalue weighted by Gasteiger charge is 2.44. The predicted molar refractivity (Wildman–Crippen MR) is 81.7 cm³/mol. The van der Waals surface area contributed by atoms with Crippen LogP contribution in [0, 0.1) is 0 Å². The van der Waals surface area contributed by atoms with Crippen LogP contribution in [0.1, 0.15) is 31.9 Å². The van der Waals surface area contributed by atoms with E-state index in [2.05, 4.69) is 24.0 Å². The normalized spacial score (nSPS) is 20.8. The molecule has 3 rings (SSSR count). The summed E-state index contributed by atoms with van der Waals surface area (Å²) in [6.45, 7) is 4.16. The zero-order chi connectivity index (χ0) is 15.0. The molecule has 4 heteroatoms. The fourth-order valence-electron chi connectivity index (χ4n) is 2.78. The van der Waals surface area contributed by atoms with E-state index in [4.69, 9.17) is 0 Å². The third-order valence-electron chi connectivity index (χ3n) is 4.35. The zero-order valence-electron chi connectivity index (χ0n) is 12.6. The highest BCUT2D eigenvalue weighted by molar-refractivity contribution is 5.86. The summed E-state index contributed by atoms with van der Waals surface area (Å²) in [6, 6.07) is 13.8. The Kier molecular flexibility index (Phi) is 3.24. The molecule has 1 amide bonds. The van der Waals surface area contributed by atoms with Gasteiger partial charge in [-0.1, -0.05) is 30.3 Å². The quantitative estimate of drug-likeness (QED) is 0.850. The molecule has 21 heavy (non-hydrogen) atoms. The van der Waals surface area contributed by atoms with Crippen LogP contribution in [0.15, 0.2) is 42.5 Å². The number of benzene rings is 1. The molecular formula is C17H19N3O. The summed E-state index contributed by atoms with van der Waals surface area (Å²) in [5, 5.41) is 8.57. The SMILES string of the molecule is CN1C(=O)C(c2ccc(-c3ccccc3)nn2)CC1(C)C. The molecule has 0 bridgehead atoms. The molecule has 108 valence electrons. The van der Waals surface area contributed by atoms with Gasteiger partial charge in [0.05, 0.1) is 17.3 Å². The topological polar surface area (TPSA) is 46.1 Å². The molecule has 1 atom stereocenters. The molecule has 1 aromatic heterocycles. The summed E-state index contributed by atoms with van der Waals surface area (Å²) in [7, 11) is 1.86. The minimum absolute atomic E-state index is 0.123. The first-order valence-corrected chi connectivity index (χ1v) is 7.16. The molecule has 1 unspecified atom stereocenters. The Labute approximate surface area is 124 Å². The summed E-state index contributed by atoms with van der Waals surface area (Å²) in [5.41, 5.74) is 2.50. The first kappa shape index (κ1) is 13.7. The van der Waals surface area contributed by atoms with E-state index in [1.807, 2.05) is 54.4 Å². The third kappa shape index (κ3) is 2.42. The molecule has 0 radical (unpaired) electrons. The monoisotopic (exact) mass is 281 g/mol. The van der Waals surface area contributed by atoms with Gasteiger partial charge in [0.2, 0.25) is 5.91 Å². The van der Waals surface area contributed by atoms with Crippen molar-refractivity contribution in [2.24, 2.45) is 0 Å². The fraction of sp³-hybridized carbons (Fsp3) is 0.353. The summed E-state index contributed by atoms with van der Waals surface area (Å²) < 4.78 is 0. The van der Waals surface area contributed by atoms with Crippen LogP contribution in [-0.2, 0) is 4.79 Å². The molecule has 2 aromatic rings. The summed E-state index contributed by atoms with van der Waals surface area (Å²) in [4.78, 5) is 14.1. The maximum atomic E-state index is 12.3. The van der Waals surface area contributed by atoms with Gasteiger partial charge in [0.1, 0.15) is 0 Å². The molecular weight excluding hydrogens is 262 g/mol. The molecule has 1 aliphatic rings. The molecule has 0 aliphatic carbocycles. The number of hydrogen-bond acceptors (Lipinski definition) is 3. The van der Waals surface area contributed by atoms with Crippen molar-refractivity contribution in [3.8, 4) is 11.3 Å². The van der Waals surface area contributed by atoms with Crippen LogP contribution in [0.5, 0.6) is 0 Å². The first-order valence-electron chi connectivity index (χ1n) is 7.16. The van der Waals surface area contributed by atoms with Gasteiger partial charge in [-0.15, -0.1) is 0 Å². The van der Waals surface area contributed by atoms with Gasteiger partial charge < -0.3 is 4.90 Å². The predicted octanol–water partition coefficient (Wildman–Crippen LogP) is 2.87. The zero-order valence-corrected chi connectivity index (χ0v) is 12.6. The molecule has 1 saturated heterocycles. The van der Waals surface area contributed by atoms with Crippen molar-refractivity contribution < 1.29 is 4.79 Å². The second kappa shape index (κ2) is 4.95. The molecule has 0 N–H and O–H groups in total. The van der Waals surface area contributed by atoms with Crippen LogP contribution in [-0.4, -0.2) is 33.6 Å². The lowest BCUT2D eigenvalue weighted by Gasteiger charge is -2.26. The maximum absolute atomic E-state index is 12.3. The van der Waals surface area contributed by atoms with Crippen LogP contribution in [0.3, 0.4) is 0 Å². The van der Waals surface area contributed by atoms with Gasteiger partial charge in [-0.3, -0.25) is 4.79 Å². The minimum Gasteiger partial charge on any atom is -0.340 e. The van der Waals surface area contributed by atoms with Crippen molar-refractivity contribution in [3.05, 3.63) is 48.2 Å². The van der Waals surface area contributed by atoms with Gasteiger partial charge in [0.25, 0.3) is 0 Å². The molecule has 1 fully saturated rings. The van der Waals surface area contributed by atoms with E-state index >= 15 is 0 Å². The van der Waals surface area contributed by atoms with Crippen LogP contribution in [0.4, 0.5) is 0 Å². The van der Waals surface area contributed by atoms with Crippen LogP contribution in [0.25, 0.3) is 11.3 Å². The van der Waals surface area contributed by atoms with E-state index in [9.17, 15) is 4.79 Å². The number of carbonyl (C=O) groups excluding carboxylic acids is 1. The molecule has 1 aliphatic heterocycles. The van der Waals surface area contributed by atoms with E-state index in [0.717, 1.165) is 23.4 Å². The van der Waals surface area contributed by atoms with E-state index in [-0.39, 0.29) is 17.4 Å². The summed E-state index contributed by atoms with van der Waals surface area (Å²) >= 11 is 0. The van der Waals surface area contributed by atoms with E-state index < -0.39 is 0 Å². The Bertz CT molecular complexity index is 649. The van der Waals surface area contributed by atoms with Crippen molar-refractivity contribution in [1.29, 1.82) is 0 Å². The van der Waals surface area contributed by atoms with Crippen LogP contribution in [0.2, 0.25) is 0 Å². The number of amides is 1. The fourth-order valence-corrected chi connectivity index (χ4v) is 2.78. The number of nitrogens with zero attached hydrogens (tertiary/aromatic N) is 3. The van der Waals surface area contributed by atoms with E-state index in [1.165, 1.54) is 0 Å². The highest BCUT2D eigenvalue weighted by Crippen LogP contribution is 2.37. The number of likely N-dealkylation sites (tertiary alicyclic amines) is 1. The number of aromatic nitrogens is 2. The molecule has 4 nitrogen and oxygen atoms in total. The number of carbonyl (C=O) groups is 1. The second-order valence-corrected chi connectivity index (χ2v) is 6.18. The van der Waals surface area contributed by atoms with Crippen molar-refractivity contribution in [2.45, 2.75) is 31.7 Å². The van der Waals surface area contributed by atoms with Crippen molar-refractivity contribution in [2.75, 3.05) is 7.05 Å². The maximum Gasteiger partial charge on any atom is 0.232 e. The Morgan fingerprint density at radius 2 is 1.81 bits per heavy atom. The smallest absolute Gasteiger partial charge is 0.232 e. The molecule has 1 aromatic carbocycles. The van der Waals surface area contributed by atoms with E-state index in [1.54, 1.807) is 0 Å². The minimum atomic E-state index is -0.178. The van der Waals surface area contributed by atoms with Crippen LogP contribution >= 0.6 is 0 Å². The molecule has 2 heterocycles. The molecule has 0 saturated carbocycles. The lowest BCUT2D eigenvalue weighted by atomic mass is 9.94. The van der Waals surface area contributed by atoms with Gasteiger partial charge in [-0.2, -0.15) is 10.2 Å². The standard InChI is InChI=1S/C17H19N3O/c1-17(2)11-13(16(21)20(17)3)15-10-9-14(18-19-15)12-7-5-4-6-8-12/h4-10,13H,11H2,1-3H3. The summed E-state index contributed by atoms with van der Waals surface area (Å²) in [6.07, 6.45) is 0.779. The first-order chi connectivity index (χ1) is 9.99. The van der Waals surface area contributed by atoms with Crippen molar-refractivity contribution in [3.63, 3.8) is 0 Å². The second-order valence-electron chi connectivity index (χ2n) is 6.18. The lowest BCUT2D eigenvalue weighted by Crippen LogP contribution is -2.37. The number of rotatable bonds is 2. The lowest BCUT2D eigenvalue weighted by molar-refractivity contribution is -0.130. The Morgan fingerprint density at radius 3 is 2.33 bits per heavy atom. The average molecular weight is 281 g/mol. The van der Waals surface area contributed by atoms with Gasteiger partial charge in [0, 0.05) is 18.2 Å². The van der Waals surface area contributed by atoms with Gasteiger partial charge >= 0.3 is 0 Å². The van der Waals surface area contributed by atoms with Crippen molar-refractivity contribution in [1.82, 2.24) is 15.1 Å². The van der Waals surface area contributed by atoms with E-state index in [0.29, 0.717) is 0 Å². The largest absolute Gasteiger partial charge is 0.340 e. The van der Waals surface area contributed by atoms with Crippen LogP contribution < -0.4 is 0 Å². The Morgan fingerprint density at radius 1 is 1.10 bits per heavy atom. The van der Waals surface area contributed by atoms with Gasteiger partial charge in [-0.05, 0) is 32.4 Å². The van der Waals surface area contributed by atoms with Gasteiger partial charge in [0.15, 0.2) is 0 Å². The Balaban J connectivity index is 1.87. The number of hydrogen-bond donors (Lipinski definition) is 0. The van der Waals surface area contributed by atoms with Gasteiger partial charge in [-0.25, -0.2) is 0 Å². The average Bonchev–Trinajstić information content (AvgIpc) is 2.72. The Hall–Kier alpha value is -2.23. The van der Waals surface area contributed by atoms with Crippen molar-refractivity contribution >= 4 is 5.91 Å². The third-order valence-corrected chi connectivity index (χ3v) is 4.35. The molecule has 0 spiro atoms.